The molecule has 4 rings (SSSR count). The van der Waals surface area contributed by atoms with E-state index in [0.717, 1.165) is 22.3 Å². The fourth-order valence-electron chi connectivity index (χ4n) is 4.03. The number of hydrogen-bond donors (Lipinski definition) is 1. The molecule has 0 spiro atoms. The first-order chi connectivity index (χ1) is 13.1. The van der Waals surface area contributed by atoms with E-state index in [1.54, 1.807) is 0 Å². The predicted octanol–water partition coefficient (Wildman–Crippen LogP) is 3.68. The molecule has 2 aliphatic rings. The smallest absolute Gasteiger partial charge is 0.409 e. The van der Waals surface area contributed by atoms with Crippen molar-refractivity contribution in [1.82, 2.24) is 4.90 Å². The molecule has 1 saturated heterocycles. The molecular formula is C21H20FNO4. The third kappa shape index (κ3) is 3.16. The number of likely N-dealkylation sites (tertiary alicyclic amines) is 1. The van der Waals surface area contributed by atoms with E-state index in [4.69, 9.17) is 9.84 Å². The highest BCUT2D eigenvalue weighted by molar-refractivity contribution is 5.79. The van der Waals surface area contributed by atoms with Gasteiger partial charge < -0.3 is 14.7 Å². The molecule has 0 saturated carbocycles. The summed E-state index contributed by atoms with van der Waals surface area (Å²) in [4.78, 5) is 24.7. The molecule has 6 heteroatoms. The van der Waals surface area contributed by atoms with E-state index >= 15 is 0 Å². The minimum absolute atomic E-state index is 0.0564. The number of carboxylic acids is 1. The fourth-order valence-corrected chi connectivity index (χ4v) is 4.03. The van der Waals surface area contributed by atoms with Crippen molar-refractivity contribution < 1.29 is 23.8 Å². The average Bonchev–Trinajstić information content (AvgIpc) is 2.99. The van der Waals surface area contributed by atoms with Gasteiger partial charge in [-0.2, -0.15) is 0 Å². The molecule has 2 atom stereocenters. The third-order valence-corrected chi connectivity index (χ3v) is 5.45. The number of benzene rings is 2. The number of carbonyl (C=O) groups excluding carboxylic acids is 1. The van der Waals surface area contributed by atoms with E-state index in [1.165, 1.54) is 4.90 Å². The largest absolute Gasteiger partial charge is 0.481 e. The van der Waals surface area contributed by atoms with Crippen molar-refractivity contribution in [2.75, 3.05) is 19.7 Å². The van der Waals surface area contributed by atoms with Crippen LogP contribution in [0.4, 0.5) is 9.18 Å². The molecule has 1 fully saturated rings. The molecule has 140 valence electrons. The summed E-state index contributed by atoms with van der Waals surface area (Å²) in [6, 6.07) is 16.1. The number of ether oxygens (including phenoxy) is 1. The minimum atomic E-state index is -1.57. The molecule has 0 radical (unpaired) electrons. The van der Waals surface area contributed by atoms with Gasteiger partial charge in [-0.3, -0.25) is 4.79 Å². The zero-order valence-electron chi connectivity index (χ0n) is 14.7. The number of hydrogen-bond acceptors (Lipinski definition) is 3. The van der Waals surface area contributed by atoms with Crippen molar-refractivity contribution in [3.05, 3.63) is 59.7 Å². The Morgan fingerprint density at radius 2 is 1.67 bits per heavy atom. The molecule has 2 aromatic rings. The molecule has 1 amide bonds. The Morgan fingerprint density at radius 3 is 2.22 bits per heavy atom. The summed E-state index contributed by atoms with van der Waals surface area (Å²) >= 11 is 0. The van der Waals surface area contributed by atoms with Crippen LogP contribution < -0.4 is 0 Å². The van der Waals surface area contributed by atoms with Crippen LogP contribution in [0.1, 0.15) is 23.5 Å². The van der Waals surface area contributed by atoms with Crippen molar-refractivity contribution in [2.45, 2.75) is 18.5 Å². The van der Waals surface area contributed by atoms with Gasteiger partial charge in [-0.1, -0.05) is 48.5 Å². The number of rotatable bonds is 3. The maximum atomic E-state index is 14.0. The van der Waals surface area contributed by atoms with Gasteiger partial charge in [-0.15, -0.1) is 0 Å². The topological polar surface area (TPSA) is 66.8 Å². The first-order valence-electron chi connectivity index (χ1n) is 9.03. The minimum Gasteiger partial charge on any atom is -0.481 e. The van der Waals surface area contributed by atoms with Gasteiger partial charge in [0.2, 0.25) is 0 Å². The highest BCUT2D eigenvalue weighted by Crippen LogP contribution is 2.44. The summed E-state index contributed by atoms with van der Waals surface area (Å²) in [6.45, 7) is 0.115. The van der Waals surface area contributed by atoms with Crippen LogP contribution in [-0.4, -0.2) is 47.9 Å². The van der Waals surface area contributed by atoms with Crippen molar-refractivity contribution in [3.63, 3.8) is 0 Å². The Kier molecular flexibility index (Phi) is 4.56. The zero-order valence-corrected chi connectivity index (χ0v) is 14.7. The fraction of sp³-hybridized carbons (Fsp3) is 0.333. The second-order valence-corrected chi connectivity index (χ2v) is 7.00. The second-order valence-electron chi connectivity index (χ2n) is 7.00. The number of aliphatic carboxylic acids is 1. The van der Waals surface area contributed by atoms with Crippen LogP contribution in [0.2, 0.25) is 0 Å². The maximum absolute atomic E-state index is 14.0. The lowest BCUT2D eigenvalue weighted by Gasteiger charge is -2.32. The van der Waals surface area contributed by atoms with Gasteiger partial charge in [0.05, 0.1) is 12.5 Å². The van der Waals surface area contributed by atoms with E-state index in [2.05, 4.69) is 12.1 Å². The van der Waals surface area contributed by atoms with E-state index in [-0.39, 0.29) is 32.0 Å². The summed E-state index contributed by atoms with van der Waals surface area (Å²) in [5.74, 6) is -2.27. The zero-order chi connectivity index (χ0) is 19.0. The standard InChI is InChI=1S/C21H20FNO4/c22-19-11-23(10-9-17(19)20(24)25)21(26)27-12-18-15-7-3-1-5-13(15)14-6-2-4-8-16(14)18/h1-8,17-19H,9-12H2,(H,24,25)/t17-,19+/m1/s1. The average molecular weight is 369 g/mol. The van der Waals surface area contributed by atoms with Gasteiger partial charge in [0.25, 0.3) is 0 Å². The summed E-state index contributed by atoms with van der Waals surface area (Å²) in [6.07, 6.45) is -2.07. The monoisotopic (exact) mass is 369 g/mol. The lowest BCUT2D eigenvalue weighted by Crippen LogP contribution is -2.47. The Morgan fingerprint density at radius 1 is 1.07 bits per heavy atom. The number of fused-ring (bicyclic) bond motifs is 3. The number of alkyl halides is 1. The first kappa shape index (κ1) is 17.5. The van der Waals surface area contributed by atoms with Gasteiger partial charge >= 0.3 is 12.1 Å². The van der Waals surface area contributed by atoms with E-state index < -0.39 is 24.2 Å². The van der Waals surface area contributed by atoms with E-state index in [1.807, 2.05) is 36.4 Å². The van der Waals surface area contributed by atoms with Crippen molar-refractivity contribution in [2.24, 2.45) is 5.92 Å². The second kappa shape index (κ2) is 7.02. The van der Waals surface area contributed by atoms with Gasteiger partial charge in [-0.05, 0) is 28.7 Å². The molecule has 1 aliphatic heterocycles. The molecule has 27 heavy (non-hydrogen) atoms. The van der Waals surface area contributed by atoms with Crippen LogP contribution in [0, 0.1) is 5.92 Å². The van der Waals surface area contributed by atoms with Gasteiger partial charge in [0.15, 0.2) is 0 Å². The molecule has 1 heterocycles. The van der Waals surface area contributed by atoms with Gasteiger partial charge in [0, 0.05) is 12.5 Å². The molecule has 1 aliphatic carbocycles. The molecule has 0 aromatic heterocycles. The Bertz CT molecular complexity index is 838. The Labute approximate surface area is 156 Å². The number of carbonyl (C=O) groups is 2. The van der Waals surface area contributed by atoms with Crippen LogP contribution in [0.15, 0.2) is 48.5 Å². The molecule has 2 aromatic carbocycles. The van der Waals surface area contributed by atoms with E-state index in [0.29, 0.717) is 0 Å². The summed E-state index contributed by atoms with van der Waals surface area (Å²) in [5.41, 5.74) is 4.50. The molecule has 1 N–H and O–H groups in total. The van der Waals surface area contributed by atoms with Gasteiger partial charge in [-0.25, -0.2) is 9.18 Å². The summed E-state index contributed by atoms with van der Waals surface area (Å²) < 4.78 is 19.5. The first-order valence-corrected chi connectivity index (χ1v) is 9.03. The molecular weight excluding hydrogens is 349 g/mol. The predicted molar refractivity (Wildman–Crippen MR) is 97.3 cm³/mol. The van der Waals surface area contributed by atoms with Crippen LogP contribution in [0.25, 0.3) is 11.1 Å². The Hall–Kier alpha value is -2.89. The van der Waals surface area contributed by atoms with Crippen molar-refractivity contribution in [1.29, 1.82) is 0 Å². The molecule has 5 nitrogen and oxygen atoms in total. The number of carboxylic acid groups (broad SMARTS) is 1. The lowest BCUT2D eigenvalue weighted by molar-refractivity contribution is -0.146. The summed E-state index contributed by atoms with van der Waals surface area (Å²) in [7, 11) is 0. The number of halogens is 1. The maximum Gasteiger partial charge on any atom is 0.409 e. The number of nitrogens with zero attached hydrogens (tertiary/aromatic N) is 1. The lowest BCUT2D eigenvalue weighted by atomic mass is 9.95. The van der Waals surface area contributed by atoms with Crippen LogP contribution in [-0.2, 0) is 9.53 Å². The van der Waals surface area contributed by atoms with E-state index in [9.17, 15) is 14.0 Å². The number of piperidine rings is 1. The quantitative estimate of drug-likeness (QED) is 0.896. The normalized spacial score (nSPS) is 21.4. The van der Waals surface area contributed by atoms with Crippen LogP contribution in [0.5, 0.6) is 0 Å². The van der Waals surface area contributed by atoms with Gasteiger partial charge in [0.1, 0.15) is 12.8 Å². The van der Waals surface area contributed by atoms with Crippen LogP contribution >= 0.6 is 0 Å². The van der Waals surface area contributed by atoms with Crippen molar-refractivity contribution in [3.8, 4) is 11.1 Å². The molecule has 0 unspecified atom stereocenters. The SMILES string of the molecule is O=C(O)[C@@H]1CCN(C(=O)OCC2c3ccccc3-c3ccccc32)C[C@@H]1F. The number of amides is 1. The Balaban J connectivity index is 1.45. The summed E-state index contributed by atoms with van der Waals surface area (Å²) in [5, 5.41) is 8.99. The molecule has 0 bridgehead atoms. The highest BCUT2D eigenvalue weighted by atomic mass is 19.1. The third-order valence-electron chi connectivity index (χ3n) is 5.45. The highest BCUT2D eigenvalue weighted by Gasteiger charge is 2.37. The van der Waals surface area contributed by atoms with Crippen LogP contribution in [0.3, 0.4) is 0 Å². The van der Waals surface area contributed by atoms with Crippen molar-refractivity contribution >= 4 is 12.1 Å².